The summed E-state index contributed by atoms with van der Waals surface area (Å²) in [4.78, 5) is 12.3. The standard InChI is InChI=1S/C15H29N3O3S.ClH/c1-2-3-10-22(20,21)18-8-6-13(7-9-18)15(19)17-14(11-16)12-4-5-12;/h12-14H,2-11,16H2,1H3,(H,17,19);1H. The van der Waals surface area contributed by atoms with Gasteiger partial charge in [-0.1, -0.05) is 13.3 Å². The first kappa shape index (κ1) is 20.7. The van der Waals surface area contributed by atoms with Crippen molar-refractivity contribution in [3.63, 3.8) is 0 Å². The van der Waals surface area contributed by atoms with E-state index in [-0.39, 0.29) is 36.0 Å². The quantitative estimate of drug-likeness (QED) is 0.672. The van der Waals surface area contributed by atoms with Crippen molar-refractivity contribution in [2.75, 3.05) is 25.4 Å². The molecule has 1 aliphatic carbocycles. The first-order chi connectivity index (χ1) is 10.5. The zero-order chi connectivity index (χ0) is 16.2. The predicted octanol–water partition coefficient (Wildman–Crippen LogP) is 1.10. The molecule has 1 amide bonds. The zero-order valence-electron chi connectivity index (χ0n) is 13.9. The number of carbonyl (C=O) groups is 1. The van der Waals surface area contributed by atoms with Crippen LogP contribution in [-0.4, -0.2) is 50.1 Å². The van der Waals surface area contributed by atoms with E-state index in [0.29, 0.717) is 44.8 Å². The van der Waals surface area contributed by atoms with E-state index in [0.717, 1.165) is 19.3 Å². The van der Waals surface area contributed by atoms with Crippen molar-refractivity contribution in [3.8, 4) is 0 Å². The van der Waals surface area contributed by atoms with Crippen LogP contribution in [0, 0.1) is 11.8 Å². The average Bonchev–Trinajstić information content (AvgIpc) is 3.35. The summed E-state index contributed by atoms with van der Waals surface area (Å²) >= 11 is 0. The number of nitrogens with one attached hydrogen (secondary N) is 1. The molecule has 2 rings (SSSR count). The molecular weight excluding hydrogens is 338 g/mol. The lowest BCUT2D eigenvalue weighted by Crippen LogP contribution is -2.48. The second-order valence-electron chi connectivity index (χ2n) is 6.53. The van der Waals surface area contributed by atoms with E-state index in [1.165, 1.54) is 0 Å². The number of halogens is 1. The molecule has 0 radical (unpaired) electrons. The van der Waals surface area contributed by atoms with Crippen LogP contribution in [-0.2, 0) is 14.8 Å². The molecule has 0 spiro atoms. The van der Waals surface area contributed by atoms with Gasteiger partial charge in [0.1, 0.15) is 0 Å². The van der Waals surface area contributed by atoms with Crippen LogP contribution in [0.4, 0.5) is 0 Å². The fraction of sp³-hybridized carbons (Fsp3) is 0.933. The van der Waals surface area contributed by atoms with E-state index < -0.39 is 10.0 Å². The van der Waals surface area contributed by atoms with Gasteiger partial charge in [-0.05, 0) is 38.0 Å². The number of unbranched alkanes of at least 4 members (excludes halogenated alkanes) is 1. The molecule has 3 N–H and O–H groups in total. The Hall–Kier alpha value is -0.370. The van der Waals surface area contributed by atoms with E-state index in [1.54, 1.807) is 4.31 Å². The van der Waals surface area contributed by atoms with Gasteiger partial charge in [-0.2, -0.15) is 0 Å². The Morgan fingerprint density at radius 2 is 1.87 bits per heavy atom. The van der Waals surface area contributed by atoms with Crippen LogP contribution >= 0.6 is 12.4 Å². The Bertz CT molecular complexity index is 474. The SMILES string of the molecule is CCCCS(=O)(=O)N1CCC(C(=O)NC(CN)C2CC2)CC1.Cl. The van der Waals surface area contributed by atoms with Gasteiger partial charge in [0.2, 0.25) is 15.9 Å². The number of nitrogens with two attached hydrogens (primary N) is 1. The number of carbonyl (C=O) groups excluding carboxylic acids is 1. The van der Waals surface area contributed by atoms with Crippen LogP contribution in [0.3, 0.4) is 0 Å². The van der Waals surface area contributed by atoms with E-state index in [4.69, 9.17) is 5.73 Å². The number of piperidine rings is 1. The highest BCUT2D eigenvalue weighted by Crippen LogP contribution is 2.32. The van der Waals surface area contributed by atoms with E-state index in [1.807, 2.05) is 6.92 Å². The first-order valence-corrected chi connectivity index (χ1v) is 10.1. The highest BCUT2D eigenvalue weighted by molar-refractivity contribution is 7.89. The van der Waals surface area contributed by atoms with Crippen LogP contribution in [0.2, 0.25) is 0 Å². The third-order valence-corrected chi connectivity index (χ3v) is 6.70. The van der Waals surface area contributed by atoms with Gasteiger partial charge in [-0.25, -0.2) is 12.7 Å². The van der Waals surface area contributed by atoms with Gasteiger partial charge in [0.15, 0.2) is 0 Å². The largest absolute Gasteiger partial charge is 0.352 e. The zero-order valence-corrected chi connectivity index (χ0v) is 15.5. The number of amides is 1. The summed E-state index contributed by atoms with van der Waals surface area (Å²) in [6.07, 6.45) is 5.09. The number of sulfonamides is 1. The molecule has 136 valence electrons. The lowest BCUT2D eigenvalue weighted by molar-refractivity contribution is -0.126. The van der Waals surface area contributed by atoms with Gasteiger partial charge in [0, 0.05) is 31.6 Å². The van der Waals surface area contributed by atoms with E-state index >= 15 is 0 Å². The maximum atomic E-state index is 12.3. The highest BCUT2D eigenvalue weighted by atomic mass is 35.5. The summed E-state index contributed by atoms with van der Waals surface area (Å²) in [5, 5.41) is 3.05. The Morgan fingerprint density at radius 1 is 1.26 bits per heavy atom. The van der Waals surface area contributed by atoms with Gasteiger partial charge >= 0.3 is 0 Å². The molecule has 8 heteroatoms. The molecule has 0 aromatic heterocycles. The summed E-state index contributed by atoms with van der Waals surface area (Å²) in [5.74, 6) is 0.735. The van der Waals surface area contributed by atoms with Crippen LogP contribution in [0.15, 0.2) is 0 Å². The molecule has 1 saturated heterocycles. The smallest absolute Gasteiger partial charge is 0.223 e. The molecule has 0 bridgehead atoms. The minimum absolute atomic E-state index is 0. The molecule has 23 heavy (non-hydrogen) atoms. The van der Waals surface area contributed by atoms with Crippen LogP contribution in [0.1, 0.15) is 45.4 Å². The molecule has 1 heterocycles. The second kappa shape index (κ2) is 9.20. The summed E-state index contributed by atoms with van der Waals surface area (Å²) in [5.41, 5.74) is 5.71. The minimum atomic E-state index is -3.14. The molecular formula is C15H30ClN3O3S. The normalized spacial score (nSPS) is 21.5. The summed E-state index contributed by atoms with van der Waals surface area (Å²) in [7, 11) is -3.14. The molecule has 1 atom stereocenters. The minimum Gasteiger partial charge on any atom is -0.352 e. The van der Waals surface area contributed by atoms with Crippen molar-refractivity contribution in [2.45, 2.75) is 51.5 Å². The van der Waals surface area contributed by atoms with Crippen molar-refractivity contribution < 1.29 is 13.2 Å². The average molecular weight is 368 g/mol. The third kappa shape index (κ3) is 5.89. The van der Waals surface area contributed by atoms with Crippen LogP contribution < -0.4 is 11.1 Å². The van der Waals surface area contributed by atoms with Crippen LogP contribution in [0.5, 0.6) is 0 Å². The fourth-order valence-electron chi connectivity index (χ4n) is 3.02. The van der Waals surface area contributed by atoms with Gasteiger partial charge < -0.3 is 11.1 Å². The van der Waals surface area contributed by atoms with Crippen molar-refractivity contribution in [1.82, 2.24) is 9.62 Å². The molecule has 1 unspecified atom stereocenters. The van der Waals surface area contributed by atoms with Crippen molar-refractivity contribution >= 4 is 28.3 Å². The molecule has 1 saturated carbocycles. The van der Waals surface area contributed by atoms with Gasteiger partial charge in [0.25, 0.3) is 0 Å². The number of hydrogen-bond acceptors (Lipinski definition) is 4. The third-order valence-electron chi connectivity index (χ3n) is 4.75. The van der Waals surface area contributed by atoms with Gasteiger partial charge in [-0.15, -0.1) is 12.4 Å². The van der Waals surface area contributed by atoms with Gasteiger partial charge in [-0.3, -0.25) is 4.79 Å². The maximum absolute atomic E-state index is 12.3. The number of nitrogens with zero attached hydrogens (tertiary/aromatic N) is 1. The predicted molar refractivity (Wildman–Crippen MR) is 93.9 cm³/mol. The number of rotatable bonds is 8. The Labute approximate surface area is 146 Å². The summed E-state index contributed by atoms with van der Waals surface area (Å²) < 4.78 is 25.9. The van der Waals surface area contributed by atoms with E-state index in [9.17, 15) is 13.2 Å². The topological polar surface area (TPSA) is 92.5 Å². The van der Waals surface area contributed by atoms with Crippen molar-refractivity contribution in [2.24, 2.45) is 17.6 Å². The Balaban J connectivity index is 0.00000264. The maximum Gasteiger partial charge on any atom is 0.223 e. The lowest BCUT2D eigenvalue weighted by Gasteiger charge is -2.31. The first-order valence-electron chi connectivity index (χ1n) is 8.46. The fourth-order valence-corrected chi connectivity index (χ4v) is 4.70. The highest BCUT2D eigenvalue weighted by Gasteiger charge is 2.35. The van der Waals surface area contributed by atoms with Crippen molar-refractivity contribution in [3.05, 3.63) is 0 Å². The van der Waals surface area contributed by atoms with Crippen molar-refractivity contribution in [1.29, 1.82) is 0 Å². The Morgan fingerprint density at radius 3 is 2.35 bits per heavy atom. The molecule has 2 aliphatic rings. The van der Waals surface area contributed by atoms with Crippen LogP contribution in [0.25, 0.3) is 0 Å². The molecule has 1 aliphatic heterocycles. The monoisotopic (exact) mass is 367 g/mol. The number of hydrogen-bond donors (Lipinski definition) is 2. The summed E-state index contributed by atoms with van der Waals surface area (Å²) in [6.45, 7) is 3.39. The summed E-state index contributed by atoms with van der Waals surface area (Å²) in [6, 6.07) is 0.0961. The molecule has 6 nitrogen and oxygen atoms in total. The lowest BCUT2D eigenvalue weighted by atomic mass is 9.96. The molecule has 0 aromatic rings. The Kier molecular flexibility index (Phi) is 8.27. The molecule has 0 aromatic carbocycles. The van der Waals surface area contributed by atoms with Gasteiger partial charge in [0.05, 0.1) is 5.75 Å². The second-order valence-corrected chi connectivity index (χ2v) is 8.62. The molecule has 2 fully saturated rings. The van der Waals surface area contributed by atoms with E-state index in [2.05, 4.69) is 5.32 Å².